The first-order chi connectivity index (χ1) is 10.7. The zero-order valence-corrected chi connectivity index (χ0v) is 12.3. The van der Waals surface area contributed by atoms with Gasteiger partial charge in [0.25, 0.3) is 0 Å². The lowest BCUT2D eigenvalue weighted by atomic mass is 9.99. The summed E-state index contributed by atoms with van der Waals surface area (Å²) in [5.74, 6) is 0.772. The minimum absolute atomic E-state index is 0.143. The van der Waals surface area contributed by atoms with Crippen LogP contribution in [-0.4, -0.2) is 30.3 Å². The summed E-state index contributed by atoms with van der Waals surface area (Å²) in [4.78, 5) is 25.8. The van der Waals surface area contributed by atoms with Gasteiger partial charge in [-0.15, -0.1) is 0 Å². The minimum Gasteiger partial charge on any atom is -0.489 e. The van der Waals surface area contributed by atoms with E-state index in [0.717, 1.165) is 28.6 Å². The first-order valence-electron chi connectivity index (χ1n) is 7.39. The van der Waals surface area contributed by atoms with Crippen molar-refractivity contribution in [2.24, 2.45) is 0 Å². The smallest absolute Gasteiger partial charge is 0.407 e. The maximum atomic E-state index is 11.7. The van der Waals surface area contributed by atoms with Gasteiger partial charge in [-0.2, -0.15) is 0 Å². The second-order valence-corrected chi connectivity index (χ2v) is 5.30. The van der Waals surface area contributed by atoms with E-state index in [0.29, 0.717) is 19.6 Å². The van der Waals surface area contributed by atoms with Crippen molar-refractivity contribution in [1.29, 1.82) is 0 Å². The summed E-state index contributed by atoms with van der Waals surface area (Å²) < 4.78 is 11.1. The summed E-state index contributed by atoms with van der Waals surface area (Å²) in [5, 5.41) is 3.60. The SMILES string of the molecule is CCCNC(=O)OC1COc2ccc3[nH]c(=O)ccc3c2C1. The Morgan fingerprint density at radius 3 is 3.09 bits per heavy atom. The lowest BCUT2D eigenvalue weighted by Crippen LogP contribution is -2.35. The van der Waals surface area contributed by atoms with Crippen LogP contribution in [-0.2, 0) is 11.2 Å². The Bertz CT molecular complexity index is 753. The van der Waals surface area contributed by atoms with E-state index in [1.54, 1.807) is 6.07 Å². The normalized spacial score (nSPS) is 16.7. The van der Waals surface area contributed by atoms with Crippen LogP contribution in [0.25, 0.3) is 10.9 Å². The van der Waals surface area contributed by atoms with Crippen LogP contribution in [0, 0.1) is 0 Å². The van der Waals surface area contributed by atoms with Gasteiger partial charge in [0.05, 0.1) is 0 Å². The lowest BCUT2D eigenvalue weighted by molar-refractivity contribution is 0.0561. The Kier molecular flexibility index (Phi) is 4.00. The molecular weight excluding hydrogens is 284 g/mol. The molecule has 2 aromatic rings. The van der Waals surface area contributed by atoms with E-state index in [1.165, 1.54) is 6.07 Å². The van der Waals surface area contributed by atoms with E-state index in [-0.39, 0.29) is 11.7 Å². The molecule has 0 fully saturated rings. The van der Waals surface area contributed by atoms with Gasteiger partial charge in [-0.1, -0.05) is 6.92 Å². The first kappa shape index (κ1) is 14.4. The predicted molar refractivity (Wildman–Crippen MR) is 82.3 cm³/mol. The number of pyridine rings is 1. The number of hydrogen-bond donors (Lipinski definition) is 2. The summed E-state index contributed by atoms with van der Waals surface area (Å²) >= 11 is 0. The van der Waals surface area contributed by atoms with Gasteiger partial charge in [0.15, 0.2) is 0 Å². The van der Waals surface area contributed by atoms with Crippen LogP contribution < -0.4 is 15.6 Å². The summed E-state index contributed by atoms with van der Waals surface area (Å²) in [6, 6.07) is 6.92. The molecule has 0 aliphatic carbocycles. The molecule has 1 aliphatic heterocycles. The highest BCUT2D eigenvalue weighted by atomic mass is 16.6. The minimum atomic E-state index is -0.424. The molecule has 0 saturated carbocycles. The first-order valence-corrected chi connectivity index (χ1v) is 7.39. The number of amides is 1. The molecule has 2 N–H and O–H groups in total. The number of alkyl carbamates (subject to hydrolysis) is 1. The number of aromatic amines is 1. The highest BCUT2D eigenvalue weighted by Crippen LogP contribution is 2.31. The summed E-state index contributed by atoms with van der Waals surface area (Å²) in [6.45, 7) is 2.90. The van der Waals surface area contributed by atoms with Crippen molar-refractivity contribution in [2.75, 3.05) is 13.2 Å². The zero-order valence-electron chi connectivity index (χ0n) is 12.3. The fourth-order valence-electron chi connectivity index (χ4n) is 2.59. The van der Waals surface area contributed by atoms with E-state index < -0.39 is 6.09 Å². The maximum Gasteiger partial charge on any atom is 0.407 e. The van der Waals surface area contributed by atoms with Gasteiger partial charge in [0.2, 0.25) is 5.56 Å². The second-order valence-electron chi connectivity index (χ2n) is 5.30. The molecule has 6 nitrogen and oxygen atoms in total. The van der Waals surface area contributed by atoms with Crippen molar-refractivity contribution in [3.63, 3.8) is 0 Å². The van der Waals surface area contributed by atoms with Crippen molar-refractivity contribution < 1.29 is 14.3 Å². The molecule has 0 bridgehead atoms. The predicted octanol–water partition coefficient (Wildman–Crippen LogP) is 1.97. The van der Waals surface area contributed by atoms with Gasteiger partial charge >= 0.3 is 6.09 Å². The van der Waals surface area contributed by atoms with Crippen LogP contribution in [0.5, 0.6) is 5.75 Å². The number of nitrogens with one attached hydrogen (secondary N) is 2. The van der Waals surface area contributed by atoms with Crippen molar-refractivity contribution in [1.82, 2.24) is 10.3 Å². The highest BCUT2D eigenvalue weighted by Gasteiger charge is 2.24. The lowest BCUT2D eigenvalue weighted by Gasteiger charge is -2.26. The van der Waals surface area contributed by atoms with Gasteiger partial charge in [-0.25, -0.2) is 4.79 Å². The number of hydrogen-bond acceptors (Lipinski definition) is 4. The number of rotatable bonds is 3. The topological polar surface area (TPSA) is 80.4 Å². The van der Waals surface area contributed by atoms with E-state index in [2.05, 4.69) is 10.3 Å². The van der Waals surface area contributed by atoms with Gasteiger partial charge in [0.1, 0.15) is 18.5 Å². The molecule has 3 rings (SSSR count). The highest BCUT2D eigenvalue weighted by molar-refractivity contribution is 5.84. The summed E-state index contributed by atoms with van der Waals surface area (Å²) in [5.41, 5.74) is 1.56. The number of ether oxygens (including phenoxy) is 2. The summed E-state index contributed by atoms with van der Waals surface area (Å²) in [7, 11) is 0. The molecule has 1 unspecified atom stereocenters. The molecule has 1 aromatic carbocycles. The number of aromatic nitrogens is 1. The third-order valence-corrected chi connectivity index (χ3v) is 3.62. The van der Waals surface area contributed by atoms with E-state index in [1.807, 2.05) is 19.1 Å². The number of benzene rings is 1. The van der Waals surface area contributed by atoms with Gasteiger partial charge in [-0.3, -0.25) is 4.79 Å². The molecule has 0 spiro atoms. The van der Waals surface area contributed by atoms with E-state index in [4.69, 9.17) is 9.47 Å². The monoisotopic (exact) mass is 302 g/mol. The molecule has 0 saturated heterocycles. The summed E-state index contributed by atoms with van der Waals surface area (Å²) in [6.07, 6.45) is 0.671. The molecule has 1 atom stereocenters. The van der Waals surface area contributed by atoms with Crippen molar-refractivity contribution in [2.45, 2.75) is 25.9 Å². The Labute approximate surface area is 127 Å². The van der Waals surface area contributed by atoms with Crippen molar-refractivity contribution >= 4 is 17.0 Å². The molecule has 2 heterocycles. The van der Waals surface area contributed by atoms with Gasteiger partial charge in [0, 0.05) is 35.5 Å². The number of H-pyrrole nitrogens is 1. The molecule has 22 heavy (non-hydrogen) atoms. The third-order valence-electron chi connectivity index (χ3n) is 3.62. The molecule has 1 aliphatic rings. The van der Waals surface area contributed by atoms with Crippen LogP contribution in [0.1, 0.15) is 18.9 Å². The average molecular weight is 302 g/mol. The van der Waals surface area contributed by atoms with Crippen LogP contribution in [0.4, 0.5) is 4.79 Å². The molecule has 6 heteroatoms. The largest absolute Gasteiger partial charge is 0.489 e. The van der Waals surface area contributed by atoms with Crippen molar-refractivity contribution in [3.05, 3.63) is 40.2 Å². The Morgan fingerprint density at radius 1 is 1.41 bits per heavy atom. The Hall–Kier alpha value is -2.50. The van der Waals surface area contributed by atoms with Crippen LogP contribution >= 0.6 is 0 Å². The second kappa shape index (κ2) is 6.09. The van der Waals surface area contributed by atoms with Crippen LogP contribution in [0.2, 0.25) is 0 Å². The van der Waals surface area contributed by atoms with Gasteiger partial charge < -0.3 is 19.8 Å². The molecule has 1 aromatic heterocycles. The third kappa shape index (κ3) is 2.90. The standard InChI is InChI=1S/C16H18N2O4/c1-2-7-17-16(20)22-10-8-12-11-3-6-15(19)18-13(11)4-5-14(12)21-9-10/h3-6,10H,2,7-9H2,1H3,(H,17,20)(H,18,19). The molecule has 116 valence electrons. The number of carbonyl (C=O) groups excluding carboxylic acids is 1. The maximum absolute atomic E-state index is 11.7. The molecule has 0 radical (unpaired) electrons. The Morgan fingerprint density at radius 2 is 2.27 bits per heavy atom. The van der Waals surface area contributed by atoms with Crippen LogP contribution in [0.3, 0.4) is 0 Å². The quantitative estimate of drug-likeness (QED) is 0.908. The zero-order chi connectivity index (χ0) is 15.5. The van der Waals surface area contributed by atoms with Crippen molar-refractivity contribution in [3.8, 4) is 5.75 Å². The number of carbonyl (C=O) groups is 1. The van der Waals surface area contributed by atoms with Crippen LogP contribution in [0.15, 0.2) is 29.1 Å². The van der Waals surface area contributed by atoms with E-state index >= 15 is 0 Å². The van der Waals surface area contributed by atoms with E-state index in [9.17, 15) is 9.59 Å². The number of fused-ring (bicyclic) bond motifs is 3. The average Bonchev–Trinajstić information content (AvgIpc) is 2.52. The van der Waals surface area contributed by atoms with Gasteiger partial charge in [-0.05, 0) is 24.6 Å². The molecular formula is C16H18N2O4. The fraction of sp³-hybridized carbons (Fsp3) is 0.375. The Balaban J connectivity index is 1.82. The molecule has 1 amide bonds. The fourth-order valence-corrected chi connectivity index (χ4v) is 2.59.